The van der Waals surface area contributed by atoms with Crippen LogP contribution in [0.1, 0.15) is 37.7 Å². The molecule has 2 aromatic heterocycles. The van der Waals surface area contributed by atoms with E-state index in [1.54, 1.807) is 12.5 Å². The summed E-state index contributed by atoms with van der Waals surface area (Å²) in [6.07, 6.45) is 7.60. The van der Waals surface area contributed by atoms with Crippen molar-refractivity contribution in [2.75, 3.05) is 19.6 Å². The van der Waals surface area contributed by atoms with Gasteiger partial charge >= 0.3 is 0 Å². The van der Waals surface area contributed by atoms with E-state index in [-0.39, 0.29) is 0 Å². The molecular weight excluding hydrogens is 300 g/mol. The summed E-state index contributed by atoms with van der Waals surface area (Å²) in [7, 11) is 0. The number of nitrogens with zero attached hydrogens (tertiary/aromatic N) is 2. The van der Waals surface area contributed by atoms with Crippen molar-refractivity contribution in [2.24, 2.45) is 11.8 Å². The van der Waals surface area contributed by atoms with Crippen LogP contribution >= 0.6 is 0 Å². The zero-order valence-electron chi connectivity index (χ0n) is 14.6. The molecular formula is C20H28N2O2. The lowest BCUT2D eigenvalue weighted by atomic mass is 9.74. The zero-order valence-corrected chi connectivity index (χ0v) is 14.6. The molecule has 0 radical (unpaired) electrons. The van der Waals surface area contributed by atoms with Crippen molar-refractivity contribution in [3.63, 3.8) is 0 Å². The SMILES string of the molecule is CC[C@H]1CN2CC[C@H]1C[C@@H]2CN(Cc1ccco1)Cc1ccco1. The van der Waals surface area contributed by atoms with Crippen molar-refractivity contribution < 1.29 is 8.83 Å². The summed E-state index contributed by atoms with van der Waals surface area (Å²) in [6.45, 7) is 7.71. The van der Waals surface area contributed by atoms with Gasteiger partial charge < -0.3 is 8.83 Å². The molecule has 0 aromatic carbocycles. The van der Waals surface area contributed by atoms with E-state index in [1.165, 1.54) is 32.4 Å². The van der Waals surface area contributed by atoms with Crippen LogP contribution in [-0.4, -0.2) is 35.5 Å². The molecule has 2 aromatic rings. The number of furan rings is 2. The van der Waals surface area contributed by atoms with Crippen LogP contribution in [-0.2, 0) is 13.1 Å². The Morgan fingerprint density at radius 2 is 1.83 bits per heavy atom. The molecule has 3 fully saturated rings. The van der Waals surface area contributed by atoms with Gasteiger partial charge in [-0.2, -0.15) is 0 Å². The van der Waals surface area contributed by atoms with E-state index in [4.69, 9.17) is 8.83 Å². The first-order valence-corrected chi connectivity index (χ1v) is 9.33. The van der Waals surface area contributed by atoms with Gasteiger partial charge in [0.25, 0.3) is 0 Å². The molecule has 0 N–H and O–H groups in total. The lowest BCUT2D eigenvalue weighted by Crippen LogP contribution is -2.56. The second-order valence-electron chi connectivity index (χ2n) is 7.43. The number of fused-ring (bicyclic) bond motifs is 3. The molecule has 24 heavy (non-hydrogen) atoms. The van der Waals surface area contributed by atoms with Crippen LogP contribution in [0, 0.1) is 11.8 Å². The van der Waals surface area contributed by atoms with Crippen molar-refractivity contribution in [1.29, 1.82) is 0 Å². The molecule has 3 aliphatic heterocycles. The molecule has 0 spiro atoms. The minimum Gasteiger partial charge on any atom is -0.468 e. The maximum atomic E-state index is 5.58. The summed E-state index contributed by atoms with van der Waals surface area (Å²) >= 11 is 0. The molecule has 4 nitrogen and oxygen atoms in total. The van der Waals surface area contributed by atoms with Gasteiger partial charge in [0.2, 0.25) is 0 Å². The molecule has 0 amide bonds. The van der Waals surface area contributed by atoms with Gasteiger partial charge in [-0.15, -0.1) is 0 Å². The maximum Gasteiger partial charge on any atom is 0.117 e. The third-order valence-electron chi connectivity index (χ3n) is 5.93. The van der Waals surface area contributed by atoms with E-state index < -0.39 is 0 Å². The third-order valence-corrected chi connectivity index (χ3v) is 5.93. The monoisotopic (exact) mass is 328 g/mol. The number of hydrogen-bond acceptors (Lipinski definition) is 4. The van der Waals surface area contributed by atoms with E-state index in [9.17, 15) is 0 Å². The molecule has 0 aliphatic carbocycles. The van der Waals surface area contributed by atoms with Crippen molar-refractivity contribution in [1.82, 2.24) is 9.80 Å². The van der Waals surface area contributed by atoms with Gasteiger partial charge in [-0.25, -0.2) is 0 Å². The summed E-state index contributed by atoms with van der Waals surface area (Å²) in [5.74, 6) is 3.91. The van der Waals surface area contributed by atoms with Crippen LogP contribution in [0.2, 0.25) is 0 Å². The lowest BCUT2D eigenvalue weighted by Gasteiger charge is -2.50. The molecule has 3 saturated heterocycles. The van der Waals surface area contributed by atoms with Gasteiger partial charge in [0.05, 0.1) is 25.6 Å². The molecule has 4 atom stereocenters. The van der Waals surface area contributed by atoms with Gasteiger partial charge in [0, 0.05) is 19.1 Å². The highest BCUT2D eigenvalue weighted by Gasteiger charge is 2.39. The Labute approximate surface area is 144 Å². The fourth-order valence-electron chi connectivity index (χ4n) is 4.63. The van der Waals surface area contributed by atoms with Crippen molar-refractivity contribution in [3.05, 3.63) is 48.3 Å². The Bertz CT molecular complexity index is 571. The van der Waals surface area contributed by atoms with E-state index in [0.29, 0.717) is 6.04 Å². The van der Waals surface area contributed by atoms with E-state index in [1.807, 2.05) is 12.1 Å². The van der Waals surface area contributed by atoms with Crippen LogP contribution in [0.25, 0.3) is 0 Å². The summed E-state index contributed by atoms with van der Waals surface area (Å²) in [4.78, 5) is 5.20. The van der Waals surface area contributed by atoms with Crippen molar-refractivity contribution >= 4 is 0 Å². The Balaban J connectivity index is 1.43. The summed E-state index contributed by atoms with van der Waals surface area (Å²) in [5.41, 5.74) is 0. The predicted octanol–water partition coefficient (Wildman–Crippen LogP) is 4.00. The largest absolute Gasteiger partial charge is 0.468 e. The van der Waals surface area contributed by atoms with Gasteiger partial charge in [-0.05, 0) is 55.5 Å². The molecule has 130 valence electrons. The van der Waals surface area contributed by atoms with Gasteiger partial charge in [-0.3, -0.25) is 9.80 Å². The van der Waals surface area contributed by atoms with Crippen molar-refractivity contribution in [2.45, 2.75) is 45.3 Å². The standard InChI is InChI=1S/C20H28N2O2/c1-2-16-12-22-8-7-17(16)11-18(22)13-21(14-19-5-3-9-23-19)15-20-6-4-10-24-20/h3-6,9-10,16-18H,2,7-8,11-15H2,1H3/t16-,17-,18+/m0/s1. The normalized spacial score (nSPS) is 29.4. The average Bonchev–Trinajstić information content (AvgIpc) is 3.29. The first-order chi connectivity index (χ1) is 11.8. The van der Waals surface area contributed by atoms with E-state index >= 15 is 0 Å². The van der Waals surface area contributed by atoms with Crippen LogP contribution < -0.4 is 0 Å². The van der Waals surface area contributed by atoms with Gasteiger partial charge in [-0.1, -0.05) is 13.3 Å². The first kappa shape index (κ1) is 16.0. The second kappa shape index (κ2) is 7.16. The van der Waals surface area contributed by atoms with E-state index in [0.717, 1.165) is 43.0 Å². The summed E-state index contributed by atoms with van der Waals surface area (Å²) in [5, 5.41) is 0. The molecule has 5 rings (SSSR count). The molecule has 3 aliphatic rings. The minimum atomic E-state index is 0.677. The van der Waals surface area contributed by atoms with Crippen molar-refractivity contribution in [3.8, 4) is 0 Å². The van der Waals surface area contributed by atoms with E-state index in [2.05, 4.69) is 28.9 Å². The van der Waals surface area contributed by atoms with Gasteiger partial charge in [0.15, 0.2) is 0 Å². The Morgan fingerprint density at radius 3 is 2.33 bits per heavy atom. The highest BCUT2D eigenvalue weighted by atomic mass is 16.3. The number of piperidine rings is 3. The molecule has 5 heterocycles. The first-order valence-electron chi connectivity index (χ1n) is 9.33. The third kappa shape index (κ3) is 3.45. The van der Waals surface area contributed by atoms with Crippen LogP contribution in [0.15, 0.2) is 45.6 Å². The topological polar surface area (TPSA) is 32.8 Å². The summed E-state index contributed by atoms with van der Waals surface area (Å²) < 4.78 is 11.2. The maximum absolute atomic E-state index is 5.58. The number of hydrogen-bond donors (Lipinski definition) is 0. The second-order valence-corrected chi connectivity index (χ2v) is 7.43. The average molecular weight is 328 g/mol. The lowest BCUT2D eigenvalue weighted by molar-refractivity contribution is -0.0175. The molecule has 0 saturated carbocycles. The molecule has 1 unspecified atom stereocenters. The van der Waals surface area contributed by atoms with Gasteiger partial charge in [0.1, 0.15) is 11.5 Å². The fourth-order valence-corrected chi connectivity index (χ4v) is 4.63. The Morgan fingerprint density at radius 1 is 1.12 bits per heavy atom. The van der Waals surface area contributed by atoms with Crippen LogP contribution in [0.4, 0.5) is 0 Å². The highest BCUT2D eigenvalue weighted by Crippen LogP contribution is 2.38. The fraction of sp³-hybridized carbons (Fsp3) is 0.600. The molecule has 2 bridgehead atoms. The smallest absolute Gasteiger partial charge is 0.117 e. The highest BCUT2D eigenvalue weighted by molar-refractivity contribution is 5.02. The van der Waals surface area contributed by atoms with Crippen LogP contribution in [0.5, 0.6) is 0 Å². The Hall–Kier alpha value is -1.52. The zero-order chi connectivity index (χ0) is 16.4. The Kier molecular flexibility index (Phi) is 4.76. The quantitative estimate of drug-likeness (QED) is 0.769. The van der Waals surface area contributed by atoms with Crippen LogP contribution in [0.3, 0.4) is 0 Å². The summed E-state index contributed by atoms with van der Waals surface area (Å²) in [6, 6.07) is 8.75. The predicted molar refractivity (Wildman–Crippen MR) is 93.4 cm³/mol. The number of rotatable bonds is 7. The minimum absolute atomic E-state index is 0.677. The molecule has 4 heteroatoms.